The number of amides is 1. The zero-order valence-corrected chi connectivity index (χ0v) is 15.6. The average Bonchev–Trinajstić information content (AvgIpc) is 3.18. The molecule has 26 heavy (non-hydrogen) atoms. The van der Waals surface area contributed by atoms with Crippen LogP contribution in [-0.4, -0.2) is 26.7 Å². The molecule has 1 saturated carbocycles. The van der Waals surface area contributed by atoms with Crippen molar-refractivity contribution in [3.63, 3.8) is 0 Å². The maximum atomic E-state index is 12.7. The van der Waals surface area contributed by atoms with Crippen molar-refractivity contribution in [3.8, 4) is 0 Å². The van der Waals surface area contributed by atoms with Gasteiger partial charge < -0.3 is 10.1 Å². The summed E-state index contributed by atoms with van der Waals surface area (Å²) in [5.74, 6) is -0.279. The second-order valence-electron chi connectivity index (χ2n) is 6.57. The smallest absolute Gasteiger partial charge is 0.255 e. The SMILES string of the molecule is COCc1cccc(C(=O)Nc2cccc(S(=O)(=O)C3CCCC3)c2)c1. The Balaban J connectivity index is 1.78. The van der Waals surface area contributed by atoms with E-state index >= 15 is 0 Å². The molecule has 3 rings (SSSR count). The predicted molar refractivity (Wildman–Crippen MR) is 101 cm³/mol. The minimum atomic E-state index is -3.34. The van der Waals surface area contributed by atoms with Crippen molar-refractivity contribution in [1.82, 2.24) is 0 Å². The van der Waals surface area contributed by atoms with Crippen molar-refractivity contribution in [3.05, 3.63) is 59.7 Å². The summed E-state index contributed by atoms with van der Waals surface area (Å²) in [6, 6.07) is 13.7. The van der Waals surface area contributed by atoms with Gasteiger partial charge in [-0.15, -0.1) is 0 Å². The Kier molecular flexibility index (Phi) is 5.74. The van der Waals surface area contributed by atoms with Crippen LogP contribution in [0.3, 0.4) is 0 Å². The van der Waals surface area contributed by atoms with E-state index in [2.05, 4.69) is 5.32 Å². The van der Waals surface area contributed by atoms with Crippen molar-refractivity contribution in [2.45, 2.75) is 42.4 Å². The number of hydrogen-bond acceptors (Lipinski definition) is 4. The topological polar surface area (TPSA) is 72.5 Å². The van der Waals surface area contributed by atoms with E-state index < -0.39 is 9.84 Å². The quantitative estimate of drug-likeness (QED) is 0.836. The summed E-state index contributed by atoms with van der Waals surface area (Å²) in [7, 11) is -1.74. The molecule has 138 valence electrons. The van der Waals surface area contributed by atoms with Crippen molar-refractivity contribution in [2.75, 3.05) is 12.4 Å². The number of carbonyl (C=O) groups excluding carboxylic acids is 1. The van der Waals surface area contributed by atoms with Gasteiger partial charge in [-0.25, -0.2) is 8.42 Å². The maximum Gasteiger partial charge on any atom is 0.255 e. The first-order valence-corrected chi connectivity index (χ1v) is 10.3. The lowest BCUT2D eigenvalue weighted by Crippen LogP contribution is -2.18. The van der Waals surface area contributed by atoms with Crippen LogP contribution >= 0.6 is 0 Å². The van der Waals surface area contributed by atoms with Crippen molar-refractivity contribution >= 4 is 21.4 Å². The van der Waals surface area contributed by atoms with E-state index in [0.29, 0.717) is 30.7 Å². The highest BCUT2D eigenvalue weighted by Gasteiger charge is 2.30. The molecular weight excluding hydrogens is 350 g/mol. The Morgan fingerprint density at radius 1 is 1.12 bits per heavy atom. The van der Waals surface area contributed by atoms with Crippen LogP contribution in [0.5, 0.6) is 0 Å². The molecular formula is C20H23NO4S. The number of rotatable bonds is 6. The molecule has 0 aromatic heterocycles. The minimum Gasteiger partial charge on any atom is -0.380 e. The highest BCUT2D eigenvalue weighted by atomic mass is 32.2. The molecule has 0 heterocycles. The standard InChI is InChI=1S/C20H23NO4S/c1-25-14-15-6-4-7-16(12-15)20(22)21-17-8-5-11-19(13-17)26(23,24)18-9-2-3-10-18/h4-8,11-13,18H,2-3,9-10,14H2,1H3,(H,21,22). The summed E-state index contributed by atoms with van der Waals surface area (Å²) in [6.45, 7) is 0.427. The van der Waals surface area contributed by atoms with Gasteiger partial charge in [-0.1, -0.05) is 31.0 Å². The minimum absolute atomic E-state index is 0.273. The molecule has 2 aromatic carbocycles. The molecule has 6 heteroatoms. The molecule has 0 atom stereocenters. The number of methoxy groups -OCH3 is 1. The molecule has 1 amide bonds. The number of nitrogens with one attached hydrogen (secondary N) is 1. The third-order valence-corrected chi connectivity index (χ3v) is 6.92. The molecule has 5 nitrogen and oxygen atoms in total. The average molecular weight is 373 g/mol. The molecule has 1 aliphatic rings. The van der Waals surface area contributed by atoms with Crippen LogP contribution in [-0.2, 0) is 21.2 Å². The van der Waals surface area contributed by atoms with E-state index in [0.717, 1.165) is 18.4 Å². The second-order valence-corrected chi connectivity index (χ2v) is 8.79. The third kappa shape index (κ3) is 4.14. The van der Waals surface area contributed by atoms with Gasteiger partial charge >= 0.3 is 0 Å². The van der Waals surface area contributed by atoms with Crippen LogP contribution in [0.1, 0.15) is 41.6 Å². The molecule has 1 aliphatic carbocycles. The van der Waals surface area contributed by atoms with Crippen LogP contribution in [0.15, 0.2) is 53.4 Å². The lowest BCUT2D eigenvalue weighted by molar-refractivity contribution is 0.102. The molecule has 0 spiro atoms. The van der Waals surface area contributed by atoms with Gasteiger partial charge in [-0.2, -0.15) is 0 Å². The Bertz CT molecular complexity index is 886. The van der Waals surface area contributed by atoms with Crippen LogP contribution in [0, 0.1) is 0 Å². The molecule has 2 aromatic rings. The molecule has 0 saturated heterocycles. The van der Waals surface area contributed by atoms with E-state index in [9.17, 15) is 13.2 Å². The van der Waals surface area contributed by atoms with Gasteiger partial charge in [0.1, 0.15) is 0 Å². The number of benzene rings is 2. The normalized spacial score (nSPS) is 15.1. The fraction of sp³-hybridized carbons (Fsp3) is 0.350. The monoisotopic (exact) mass is 373 g/mol. The summed E-state index contributed by atoms with van der Waals surface area (Å²) >= 11 is 0. The third-order valence-electron chi connectivity index (χ3n) is 4.66. The number of sulfone groups is 1. The summed E-state index contributed by atoms with van der Waals surface area (Å²) in [4.78, 5) is 12.8. The molecule has 0 bridgehead atoms. The number of carbonyl (C=O) groups is 1. The second kappa shape index (κ2) is 8.01. The van der Waals surface area contributed by atoms with Gasteiger partial charge in [0.05, 0.1) is 16.8 Å². The molecule has 0 unspecified atom stereocenters. The lowest BCUT2D eigenvalue weighted by atomic mass is 10.1. The maximum absolute atomic E-state index is 12.7. The van der Waals surface area contributed by atoms with Gasteiger partial charge in [0.2, 0.25) is 0 Å². The fourth-order valence-electron chi connectivity index (χ4n) is 3.31. The van der Waals surface area contributed by atoms with Crippen molar-refractivity contribution in [2.24, 2.45) is 0 Å². The highest BCUT2D eigenvalue weighted by molar-refractivity contribution is 7.92. The Hall–Kier alpha value is -2.18. The Morgan fingerprint density at radius 2 is 1.85 bits per heavy atom. The van der Waals surface area contributed by atoms with Gasteiger partial charge in [0, 0.05) is 18.4 Å². The molecule has 0 radical (unpaired) electrons. The molecule has 1 fully saturated rings. The Labute approximate surface area is 154 Å². The summed E-state index contributed by atoms with van der Waals surface area (Å²) in [5, 5.41) is 2.48. The number of ether oxygens (including phenoxy) is 1. The van der Waals surface area contributed by atoms with Crippen molar-refractivity contribution < 1.29 is 17.9 Å². The largest absolute Gasteiger partial charge is 0.380 e. The van der Waals surface area contributed by atoms with Gasteiger partial charge in [0.15, 0.2) is 9.84 Å². The zero-order valence-electron chi connectivity index (χ0n) is 14.8. The first kappa shape index (κ1) is 18.6. The summed E-state index contributed by atoms with van der Waals surface area (Å²) in [6.07, 6.45) is 3.34. The zero-order chi connectivity index (χ0) is 18.6. The number of anilines is 1. The summed E-state index contributed by atoms with van der Waals surface area (Å²) < 4.78 is 30.5. The van der Waals surface area contributed by atoms with Crippen LogP contribution < -0.4 is 5.32 Å². The van der Waals surface area contributed by atoms with Crippen LogP contribution in [0.4, 0.5) is 5.69 Å². The van der Waals surface area contributed by atoms with Crippen LogP contribution in [0.2, 0.25) is 0 Å². The number of hydrogen-bond donors (Lipinski definition) is 1. The van der Waals surface area contributed by atoms with E-state index in [4.69, 9.17) is 4.74 Å². The van der Waals surface area contributed by atoms with Gasteiger partial charge in [-0.3, -0.25) is 4.79 Å². The predicted octanol–water partition coefficient (Wildman–Crippen LogP) is 3.80. The first-order valence-electron chi connectivity index (χ1n) is 8.74. The Morgan fingerprint density at radius 3 is 2.58 bits per heavy atom. The lowest BCUT2D eigenvalue weighted by Gasteiger charge is -2.13. The van der Waals surface area contributed by atoms with E-state index in [1.165, 1.54) is 0 Å². The fourth-order valence-corrected chi connectivity index (χ4v) is 5.21. The van der Waals surface area contributed by atoms with Crippen LogP contribution in [0.25, 0.3) is 0 Å². The highest BCUT2D eigenvalue weighted by Crippen LogP contribution is 2.30. The van der Waals surface area contributed by atoms with Gasteiger partial charge in [-0.05, 0) is 48.7 Å². The first-order chi connectivity index (χ1) is 12.5. The van der Waals surface area contributed by atoms with E-state index in [-0.39, 0.29) is 16.1 Å². The van der Waals surface area contributed by atoms with E-state index in [1.54, 1.807) is 49.6 Å². The van der Waals surface area contributed by atoms with Crippen molar-refractivity contribution in [1.29, 1.82) is 0 Å². The molecule has 1 N–H and O–H groups in total. The van der Waals surface area contributed by atoms with E-state index in [1.807, 2.05) is 6.07 Å². The molecule has 0 aliphatic heterocycles. The van der Waals surface area contributed by atoms with Gasteiger partial charge in [0.25, 0.3) is 5.91 Å². The summed E-state index contributed by atoms with van der Waals surface area (Å²) in [5.41, 5.74) is 1.88.